The molecule has 0 aliphatic carbocycles. The zero-order valence-corrected chi connectivity index (χ0v) is 17.5. The fourth-order valence-electron chi connectivity index (χ4n) is 3.61. The van der Waals surface area contributed by atoms with E-state index in [9.17, 15) is 5.11 Å². The molecule has 0 aliphatic rings. The first-order valence-corrected chi connectivity index (χ1v) is 11.2. The molecule has 0 heterocycles. The molecule has 27 heavy (non-hydrogen) atoms. The van der Waals surface area contributed by atoms with Crippen molar-refractivity contribution in [2.45, 2.75) is 103 Å². The molecule has 1 aromatic carbocycles. The van der Waals surface area contributed by atoms with Crippen molar-refractivity contribution in [3.8, 4) is 0 Å². The van der Waals surface area contributed by atoms with E-state index in [2.05, 4.69) is 18.1 Å². The van der Waals surface area contributed by atoms with E-state index in [1.54, 1.807) is 0 Å². The molecular weight excluding hydrogens is 334 g/mol. The van der Waals surface area contributed by atoms with Gasteiger partial charge < -0.3 is 10.3 Å². The number of hydrogen-bond donors (Lipinski definition) is 2. The van der Waals surface area contributed by atoms with E-state index >= 15 is 0 Å². The van der Waals surface area contributed by atoms with Crippen LogP contribution in [-0.2, 0) is 6.42 Å². The van der Waals surface area contributed by atoms with E-state index in [1.165, 1.54) is 95.5 Å². The second-order valence-electron chi connectivity index (χ2n) is 7.75. The normalized spacial score (nSPS) is 11.9. The smallest absolute Gasteiger partial charge is 0.112 e. The molecule has 0 atom stereocenters. The van der Waals surface area contributed by atoms with Crippen LogP contribution in [0.3, 0.4) is 0 Å². The second kappa shape index (κ2) is 16.8. The average Bonchev–Trinajstić information content (AvgIpc) is 2.69. The summed E-state index contributed by atoms with van der Waals surface area (Å²) in [5, 5.41) is 21.3. The maximum absolute atomic E-state index is 9.19. The Morgan fingerprint density at radius 3 is 1.78 bits per heavy atom. The van der Waals surface area contributed by atoms with Gasteiger partial charge in [-0.2, -0.15) is 0 Å². The molecule has 1 rings (SSSR count). The van der Waals surface area contributed by atoms with Gasteiger partial charge in [0.25, 0.3) is 0 Å². The lowest BCUT2D eigenvalue weighted by atomic mass is 10.0. The summed E-state index contributed by atoms with van der Waals surface area (Å²) in [6.07, 6.45) is 20.3. The predicted molar refractivity (Wildman–Crippen MR) is 116 cm³/mol. The Morgan fingerprint density at radius 1 is 0.778 bits per heavy atom. The lowest BCUT2D eigenvalue weighted by Crippen LogP contribution is -2.06. The Kier molecular flexibility index (Phi) is 14.7. The highest BCUT2D eigenvalue weighted by atomic mass is 16.4. The van der Waals surface area contributed by atoms with E-state index in [1.807, 2.05) is 18.2 Å². The molecule has 3 heteroatoms. The average molecular weight is 376 g/mol. The number of aliphatic hydroxyl groups is 1. The number of aliphatic hydroxyl groups excluding tert-OH is 1. The second-order valence-corrected chi connectivity index (χ2v) is 7.75. The van der Waals surface area contributed by atoms with Gasteiger partial charge in [0.15, 0.2) is 0 Å². The van der Waals surface area contributed by atoms with Crippen molar-refractivity contribution in [2.24, 2.45) is 5.16 Å². The van der Waals surface area contributed by atoms with Gasteiger partial charge in [0.1, 0.15) is 5.71 Å². The number of unbranched alkanes of at least 4 members (excludes halogenated alkanes) is 13. The third-order valence-corrected chi connectivity index (χ3v) is 5.35. The summed E-state index contributed by atoms with van der Waals surface area (Å²) >= 11 is 0. The summed E-state index contributed by atoms with van der Waals surface area (Å²) in [6.45, 7) is 2.04. The molecule has 2 N–H and O–H groups in total. The van der Waals surface area contributed by atoms with Gasteiger partial charge in [0.05, 0.1) is 6.61 Å². The van der Waals surface area contributed by atoms with Crippen molar-refractivity contribution < 1.29 is 10.3 Å². The van der Waals surface area contributed by atoms with E-state index in [-0.39, 0.29) is 6.61 Å². The van der Waals surface area contributed by atoms with Crippen molar-refractivity contribution in [2.75, 3.05) is 6.61 Å². The lowest BCUT2D eigenvalue weighted by molar-refractivity contribution is 0.304. The highest BCUT2D eigenvalue weighted by Gasteiger charge is 2.04. The zero-order valence-electron chi connectivity index (χ0n) is 17.5. The van der Waals surface area contributed by atoms with Gasteiger partial charge in [-0.15, -0.1) is 0 Å². The minimum Gasteiger partial charge on any atom is -0.411 e. The van der Waals surface area contributed by atoms with Gasteiger partial charge in [0, 0.05) is 5.56 Å². The Labute approximate surface area is 166 Å². The molecule has 0 saturated heterocycles. The van der Waals surface area contributed by atoms with Crippen molar-refractivity contribution in [3.05, 3.63) is 35.4 Å². The molecule has 0 aliphatic heterocycles. The van der Waals surface area contributed by atoms with E-state index in [0.717, 1.165) is 12.0 Å². The maximum Gasteiger partial charge on any atom is 0.112 e. The van der Waals surface area contributed by atoms with Gasteiger partial charge in [-0.05, 0) is 24.5 Å². The van der Waals surface area contributed by atoms with E-state index < -0.39 is 0 Å². The summed E-state index contributed by atoms with van der Waals surface area (Å²) in [4.78, 5) is 0. The molecule has 0 fully saturated rings. The Hall–Kier alpha value is -1.35. The number of hydrogen-bond acceptors (Lipinski definition) is 3. The van der Waals surface area contributed by atoms with E-state index in [0.29, 0.717) is 5.71 Å². The number of nitrogens with zero attached hydrogens (tertiary/aromatic N) is 1. The standard InChI is InChI=1S/C24H41NO2/c1-2-3-4-5-6-7-8-9-10-11-12-13-14-15-17-22-18-16-19-23(20-22)24(21-26)25-27/h16,18-20,26-27H,2-15,17,21H2,1H3. The Bertz CT molecular complexity index is 499. The molecule has 0 aromatic heterocycles. The molecule has 1 aromatic rings. The molecular formula is C24H41NO2. The Balaban J connectivity index is 1.97. The first-order valence-electron chi connectivity index (χ1n) is 11.2. The van der Waals surface area contributed by atoms with Crippen LogP contribution in [0.5, 0.6) is 0 Å². The first-order chi connectivity index (χ1) is 13.3. The highest BCUT2D eigenvalue weighted by Crippen LogP contribution is 2.15. The van der Waals surface area contributed by atoms with Gasteiger partial charge in [-0.3, -0.25) is 0 Å². The fourth-order valence-corrected chi connectivity index (χ4v) is 3.61. The number of rotatable bonds is 17. The summed E-state index contributed by atoms with van der Waals surface area (Å²) in [6, 6.07) is 7.97. The van der Waals surface area contributed by atoms with Gasteiger partial charge >= 0.3 is 0 Å². The zero-order chi connectivity index (χ0) is 19.6. The quantitative estimate of drug-likeness (QED) is 0.135. The number of benzene rings is 1. The molecule has 0 radical (unpaired) electrons. The van der Waals surface area contributed by atoms with Crippen LogP contribution >= 0.6 is 0 Å². The van der Waals surface area contributed by atoms with Gasteiger partial charge in [0.2, 0.25) is 0 Å². The summed E-state index contributed by atoms with van der Waals surface area (Å²) in [5.74, 6) is 0. The van der Waals surface area contributed by atoms with Crippen LogP contribution in [0, 0.1) is 0 Å². The molecule has 0 bridgehead atoms. The summed E-state index contributed by atoms with van der Waals surface area (Å²) in [7, 11) is 0. The van der Waals surface area contributed by atoms with Crippen LogP contribution in [0.25, 0.3) is 0 Å². The molecule has 3 nitrogen and oxygen atoms in total. The largest absolute Gasteiger partial charge is 0.411 e. The minimum atomic E-state index is -0.237. The molecule has 154 valence electrons. The lowest BCUT2D eigenvalue weighted by Gasteiger charge is -2.06. The molecule has 0 amide bonds. The number of oxime groups is 1. The van der Waals surface area contributed by atoms with Crippen molar-refractivity contribution in [1.82, 2.24) is 0 Å². The van der Waals surface area contributed by atoms with Crippen LogP contribution in [0.1, 0.15) is 108 Å². The topological polar surface area (TPSA) is 52.8 Å². The van der Waals surface area contributed by atoms with Crippen molar-refractivity contribution in [1.29, 1.82) is 0 Å². The highest BCUT2D eigenvalue weighted by molar-refractivity contribution is 6.01. The summed E-state index contributed by atoms with van der Waals surface area (Å²) in [5.41, 5.74) is 2.39. The predicted octanol–water partition coefficient (Wildman–Crippen LogP) is 6.88. The van der Waals surface area contributed by atoms with Crippen LogP contribution in [0.4, 0.5) is 0 Å². The summed E-state index contributed by atoms with van der Waals surface area (Å²) < 4.78 is 0. The molecule has 0 spiro atoms. The van der Waals surface area contributed by atoms with E-state index in [4.69, 9.17) is 5.21 Å². The van der Waals surface area contributed by atoms with Gasteiger partial charge in [-0.25, -0.2) is 0 Å². The van der Waals surface area contributed by atoms with Crippen LogP contribution in [0.2, 0.25) is 0 Å². The molecule has 0 unspecified atom stereocenters. The van der Waals surface area contributed by atoms with Crippen molar-refractivity contribution in [3.63, 3.8) is 0 Å². The fraction of sp³-hybridized carbons (Fsp3) is 0.708. The minimum absolute atomic E-state index is 0.237. The third kappa shape index (κ3) is 11.9. The first kappa shape index (κ1) is 23.7. The van der Waals surface area contributed by atoms with Crippen LogP contribution < -0.4 is 0 Å². The van der Waals surface area contributed by atoms with Gasteiger partial charge in [-0.1, -0.05) is 114 Å². The molecule has 0 saturated carbocycles. The van der Waals surface area contributed by atoms with Crippen molar-refractivity contribution >= 4 is 5.71 Å². The van der Waals surface area contributed by atoms with Crippen LogP contribution in [-0.4, -0.2) is 22.6 Å². The Morgan fingerprint density at radius 2 is 1.30 bits per heavy atom. The maximum atomic E-state index is 9.19. The third-order valence-electron chi connectivity index (χ3n) is 5.35. The number of aryl methyl sites for hydroxylation is 1. The monoisotopic (exact) mass is 375 g/mol. The SMILES string of the molecule is CCCCCCCCCCCCCCCCc1cccc(C(CO)=NO)c1. The van der Waals surface area contributed by atoms with Crippen LogP contribution in [0.15, 0.2) is 29.4 Å².